The van der Waals surface area contributed by atoms with Crippen molar-refractivity contribution in [2.24, 2.45) is 10.2 Å². The number of hydrogen-bond donors (Lipinski definition) is 2. The van der Waals surface area contributed by atoms with Crippen molar-refractivity contribution in [2.45, 2.75) is 44.2 Å². The van der Waals surface area contributed by atoms with Gasteiger partial charge in [-0.05, 0) is 37.6 Å². The second-order valence-corrected chi connectivity index (χ2v) is 6.96. The van der Waals surface area contributed by atoms with Crippen LogP contribution >= 0.6 is 0 Å². The largest absolute Gasteiger partial charge is 0.326 e. The number of benzene rings is 1. The van der Waals surface area contributed by atoms with Gasteiger partial charge in [-0.3, -0.25) is 9.59 Å². The van der Waals surface area contributed by atoms with E-state index in [-0.39, 0.29) is 11.8 Å². The Hall–Kier alpha value is -2.72. The predicted molar refractivity (Wildman–Crippen MR) is 105 cm³/mol. The maximum Gasteiger partial charge on any atom is 0.240 e. The second-order valence-electron chi connectivity index (χ2n) is 6.96. The van der Waals surface area contributed by atoms with Gasteiger partial charge in [-0.2, -0.15) is 10.2 Å². The van der Waals surface area contributed by atoms with E-state index in [1.54, 1.807) is 11.9 Å². The number of amides is 2. The van der Waals surface area contributed by atoms with Crippen LogP contribution in [0.2, 0.25) is 0 Å². The molecule has 2 aliphatic rings. The van der Waals surface area contributed by atoms with E-state index in [0.717, 1.165) is 24.1 Å². The van der Waals surface area contributed by atoms with Crippen molar-refractivity contribution in [1.29, 1.82) is 0 Å². The molecule has 27 heavy (non-hydrogen) atoms. The minimum atomic E-state index is -0.448. The Morgan fingerprint density at radius 2 is 2.15 bits per heavy atom. The monoisotopic (exact) mass is 367 g/mol. The number of anilines is 2. The molecule has 0 unspecified atom stereocenters. The van der Waals surface area contributed by atoms with Crippen LogP contribution in [-0.2, 0) is 16.0 Å². The Morgan fingerprint density at radius 3 is 2.85 bits per heavy atom. The van der Waals surface area contributed by atoms with E-state index in [4.69, 9.17) is 6.42 Å². The molecular formula is C20H25N5O2. The zero-order valence-electron chi connectivity index (χ0n) is 15.6. The van der Waals surface area contributed by atoms with Crippen LogP contribution in [0.15, 0.2) is 28.4 Å². The lowest BCUT2D eigenvalue weighted by atomic mass is 10.0. The van der Waals surface area contributed by atoms with Gasteiger partial charge in [0.2, 0.25) is 11.8 Å². The van der Waals surface area contributed by atoms with E-state index in [9.17, 15) is 9.59 Å². The van der Waals surface area contributed by atoms with Gasteiger partial charge >= 0.3 is 0 Å². The fraction of sp³-hybridized carbons (Fsp3) is 0.500. The molecule has 0 aromatic heterocycles. The standard InChI is InChI=1S/C20H25N5O2/c1-3-4-10-20(23-24-20)11-9-18(26)22-16-8-7-15-6-5-12-25(17(15)13-16)19(27)14-21-2/h1,7-8,13,21H,4-6,9-12,14H2,2H3,(H,22,26). The summed E-state index contributed by atoms with van der Waals surface area (Å²) in [6.07, 6.45) is 9.37. The summed E-state index contributed by atoms with van der Waals surface area (Å²) in [5, 5.41) is 13.9. The minimum Gasteiger partial charge on any atom is -0.326 e. The number of carbonyl (C=O) groups excluding carboxylic acids is 2. The van der Waals surface area contributed by atoms with Gasteiger partial charge in [0.1, 0.15) is 0 Å². The molecule has 2 aliphatic heterocycles. The average Bonchev–Trinajstić information content (AvgIpc) is 3.45. The highest BCUT2D eigenvalue weighted by atomic mass is 16.2. The van der Waals surface area contributed by atoms with E-state index < -0.39 is 5.66 Å². The normalized spacial score (nSPS) is 16.4. The first-order valence-corrected chi connectivity index (χ1v) is 9.32. The number of fused-ring (bicyclic) bond motifs is 1. The minimum absolute atomic E-state index is 0.0364. The van der Waals surface area contributed by atoms with E-state index in [0.29, 0.717) is 44.5 Å². The van der Waals surface area contributed by atoms with Gasteiger partial charge in [-0.25, -0.2) is 0 Å². The van der Waals surface area contributed by atoms with Crippen LogP contribution < -0.4 is 15.5 Å². The quantitative estimate of drug-likeness (QED) is 0.692. The summed E-state index contributed by atoms with van der Waals surface area (Å²) in [4.78, 5) is 26.5. The zero-order chi connectivity index (χ0) is 19.3. The molecule has 0 aliphatic carbocycles. The summed E-state index contributed by atoms with van der Waals surface area (Å²) in [5.41, 5.74) is 2.27. The highest BCUT2D eigenvalue weighted by Crippen LogP contribution is 2.37. The van der Waals surface area contributed by atoms with Crippen LogP contribution in [0.4, 0.5) is 11.4 Å². The molecule has 2 amide bonds. The van der Waals surface area contributed by atoms with Crippen LogP contribution in [0, 0.1) is 12.3 Å². The number of terminal acetylenes is 1. The first-order valence-electron chi connectivity index (χ1n) is 9.32. The smallest absolute Gasteiger partial charge is 0.240 e. The number of nitrogens with one attached hydrogen (secondary N) is 2. The maximum absolute atomic E-state index is 12.3. The van der Waals surface area contributed by atoms with Crippen molar-refractivity contribution in [3.63, 3.8) is 0 Å². The van der Waals surface area contributed by atoms with Crippen molar-refractivity contribution >= 4 is 23.2 Å². The van der Waals surface area contributed by atoms with Crippen molar-refractivity contribution in [3.05, 3.63) is 23.8 Å². The molecule has 7 heteroatoms. The Kier molecular flexibility index (Phi) is 5.87. The van der Waals surface area contributed by atoms with E-state index >= 15 is 0 Å². The van der Waals surface area contributed by atoms with Crippen molar-refractivity contribution in [3.8, 4) is 12.3 Å². The number of likely N-dealkylation sites (N-methyl/N-ethyl adjacent to an activating group) is 1. The van der Waals surface area contributed by atoms with Crippen LogP contribution in [0.1, 0.15) is 37.7 Å². The molecule has 3 rings (SSSR count). The highest BCUT2D eigenvalue weighted by molar-refractivity contribution is 5.97. The lowest BCUT2D eigenvalue weighted by Crippen LogP contribution is -2.40. The Bertz CT molecular complexity index is 790. The Morgan fingerprint density at radius 1 is 1.33 bits per heavy atom. The number of hydrogen-bond acceptors (Lipinski definition) is 5. The fourth-order valence-corrected chi connectivity index (χ4v) is 3.36. The highest BCUT2D eigenvalue weighted by Gasteiger charge is 2.39. The summed E-state index contributed by atoms with van der Waals surface area (Å²) in [6.45, 7) is 0.994. The number of nitrogens with zero attached hydrogens (tertiary/aromatic N) is 3. The topological polar surface area (TPSA) is 86.2 Å². The van der Waals surface area contributed by atoms with Crippen molar-refractivity contribution in [2.75, 3.05) is 30.4 Å². The van der Waals surface area contributed by atoms with Crippen LogP contribution in [-0.4, -0.2) is 37.6 Å². The number of aryl methyl sites for hydroxylation is 1. The summed E-state index contributed by atoms with van der Waals surface area (Å²) >= 11 is 0. The fourth-order valence-electron chi connectivity index (χ4n) is 3.36. The molecule has 0 spiro atoms. The molecule has 0 saturated heterocycles. The van der Waals surface area contributed by atoms with Gasteiger partial charge in [0.15, 0.2) is 5.66 Å². The van der Waals surface area contributed by atoms with Gasteiger partial charge in [0.05, 0.1) is 6.54 Å². The van der Waals surface area contributed by atoms with E-state index in [1.165, 1.54) is 0 Å². The van der Waals surface area contributed by atoms with Crippen LogP contribution in [0.25, 0.3) is 0 Å². The molecule has 0 fully saturated rings. The molecule has 2 N–H and O–H groups in total. The third kappa shape index (κ3) is 4.72. The molecule has 0 saturated carbocycles. The van der Waals surface area contributed by atoms with Gasteiger partial charge in [0, 0.05) is 43.6 Å². The Labute approximate surface area is 159 Å². The van der Waals surface area contributed by atoms with Gasteiger partial charge in [-0.1, -0.05) is 6.07 Å². The molecule has 1 aromatic carbocycles. The molecule has 142 valence electrons. The average molecular weight is 367 g/mol. The van der Waals surface area contributed by atoms with Crippen LogP contribution in [0.5, 0.6) is 0 Å². The molecule has 7 nitrogen and oxygen atoms in total. The lowest BCUT2D eigenvalue weighted by Gasteiger charge is -2.30. The van der Waals surface area contributed by atoms with Gasteiger partial charge in [-0.15, -0.1) is 12.3 Å². The van der Waals surface area contributed by atoms with Crippen molar-refractivity contribution < 1.29 is 9.59 Å². The van der Waals surface area contributed by atoms with Gasteiger partial charge in [0.25, 0.3) is 0 Å². The van der Waals surface area contributed by atoms with Crippen molar-refractivity contribution in [1.82, 2.24) is 5.32 Å². The molecule has 2 heterocycles. The zero-order valence-corrected chi connectivity index (χ0v) is 15.6. The number of rotatable bonds is 8. The summed E-state index contributed by atoms with van der Waals surface area (Å²) < 4.78 is 0. The Balaban J connectivity index is 1.61. The molecule has 1 aromatic rings. The molecule has 0 radical (unpaired) electrons. The summed E-state index contributed by atoms with van der Waals surface area (Å²) in [5.74, 6) is 2.53. The third-order valence-electron chi connectivity index (χ3n) is 4.92. The first kappa shape index (κ1) is 19.1. The second kappa shape index (κ2) is 8.31. The lowest BCUT2D eigenvalue weighted by molar-refractivity contribution is -0.118. The van der Waals surface area contributed by atoms with E-state index in [2.05, 4.69) is 26.8 Å². The van der Waals surface area contributed by atoms with E-state index in [1.807, 2.05) is 18.2 Å². The third-order valence-corrected chi connectivity index (χ3v) is 4.92. The predicted octanol–water partition coefficient (Wildman–Crippen LogP) is 2.48. The molecular weight excluding hydrogens is 342 g/mol. The SMILES string of the molecule is C#CCCC1(CCC(=O)Nc2ccc3c(c2)N(C(=O)CNC)CCC3)N=N1. The first-order chi connectivity index (χ1) is 13.1. The number of carbonyl (C=O) groups is 2. The maximum atomic E-state index is 12.3. The molecule has 0 atom stereocenters. The molecule has 0 bridgehead atoms. The summed E-state index contributed by atoms with van der Waals surface area (Å²) in [7, 11) is 1.76. The summed E-state index contributed by atoms with van der Waals surface area (Å²) in [6, 6.07) is 5.77. The van der Waals surface area contributed by atoms with Crippen LogP contribution in [0.3, 0.4) is 0 Å². The van der Waals surface area contributed by atoms with Gasteiger partial charge < -0.3 is 15.5 Å².